The standard InChI is InChI=1S/C21H25FN4O4/c1-3-5-12-26-19-18(20(28)24-21(26)29)25(4-2)16(23-19)13-30-17(27)11-8-14-6-9-15(22)10-7-14/h6-7,9-10H,3-5,8,11-13H2,1-2H3,(H,24,28,29). The molecule has 0 unspecified atom stereocenters. The molecule has 30 heavy (non-hydrogen) atoms. The quantitative estimate of drug-likeness (QED) is 0.541. The third-order valence-electron chi connectivity index (χ3n) is 4.91. The van der Waals surface area contributed by atoms with E-state index in [0.717, 1.165) is 18.4 Å². The Labute approximate surface area is 172 Å². The predicted molar refractivity (Wildman–Crippen MR) is 110 cm³/mol. The van der Waals surface area contributed by atoms with Gasteiger partial charge in [-0.05, 0) is 37.5 Å². The molecule has 160 valence electrons. The lowest BCUT2D eigenvalue weighted by atomic mass is 10.1. The first-order chi connectivity index (χ1) is 14.4. The van der Waals surface area contributed by atoms with Gasteiger partial charge >= 0.3 is 11.7 Å². The summed E-state index contributed by atoms with van der Waals surface area (Å²) >= 11 is 0. The first-order valence-electron chi connectivity index (χ1n) is 10.1. The normalized spacial score (nSPS) is 11.2. The number of rotatable bonds is 9. The van der Waals surface area contributed by atoms with E-state index < -0.39 is 17.2 Å². The van der Waals surface area contributed by atoms with Gasteiger partial charge in [-0.2, -0.15) is 0 Å². The molecule has 0 aliphatic heterocycles. The number of carbonyl (C=O) groups is 1. The molecule has 3 rings (SSSR count). The van der Waals surface area contributed by atoms with Gasteiger partial charge in [0.05, 0.1) is 0 Å². The van der Waals surface area contributed by atoms with Crippen LogP contribution in [0.5, 0.6) is 0 Å². The molecular weight excluding hydrogens is 391 g/mol. The number of nitrogens with one attached hydrogen (secondary N) is 1. The van der Waals surface area contributed by atoms with Crippen LogP contribution in [0.2, 0.25) is 0 Å². The van der Waals surface area contributed by atoms with Crippen molar-refractivity contribution in [1.82, 2.24) is 19.1 Å². The van der Waals surface area contributed by atoms with Crippen LogP contribution in [0.1, 0.15) is 44.5 Å². The Morgan fingerprint density at radius 3 is 2.57 bits per heavy atom. The van der Waals surface area contributed by atoms with Gasteiger partial charge < -0.3 is 9.30 Å². The Morgan fingerprint density at radius 1 is 1.17 bits per heavy atom. The Bertz CT molecular complexity index is 1140. The number of carbonyl (C=O) groups excluding carboxylic acids is 1. The smallest absolute Gasteiger partial charge is 0.330 e. The lowest BCUT2D eigenvalue weighted by molar-refractivity contribution is -0.145. The number of hydrogen-bond donors (Lipinski definition) is 1. The Kier molecular flexibility index (Phi) is 6.81. The molecule has 8 nitrogen and oxygen atoms in total. The van der Waals surface area contributed by atoms with Crippen molar-refractivity contribution in [2.24, 2.45) is 0 Å². The highest BCUT2D eigenvalue weighted by Crippen LogP contribution is 2.14. The van der Waals surface area contributed by atoms with E-state index in [-0.39, 0.29) is 18.8 Å². The van der Waals surface area contributed by atoms with E-state index in [1.54, 1.807) is 16.7 Å². The topological polar surface area (TPSA) is 99.0 Å². The third-order valence-corrected chi connectivity index (χ3v) is 4.91. The Morgan fingerprint density at radius 2 is 1.90 bits per heavy atom. The average Bonchev–Trinajstić information content (AvgIpc) is 3.10. The number of fused-ring (bicyclic) bond motifs is 1. The molecule has 0 atom stereocenters. The van der Waals surface area contributed by atoms with E-state index in [4.69, 9.17) is 4.74 Å². The fraction of sp³-hybridized carbons (Fsp3) is 0.429. The van der Waals surface area contributed by atoms with Crippen molar-refractivity contribution in [2.75, 3.05) is 0 Å². The summed E-state index contributed by atoms with van der Waals surface area (Å²) in [5.74, 6) is -0.345. The molecule has 3 aromatic rings. The number of imidazole rings is 1. The van der Waals surface area contributed by atoms with Crippen molar-refractivity contribution in [1.29, 1.82) is 0 Å². The minimum Gasteiger partial charge on any atom is -0.457 e. The molecule has 0 saturated heterocycles. The summed E-state index contributed by atoms with van der Waals surface area (Å²) in [7, 11) is 0. The van der Waals surface area contributed by atoms with Gasteiger partial charge in [0.15, 0.2) is 11.2 Å². The first-order valence-corrected chi connectivity index (χ1v) is 10.1. The summed E-state index contributed by atoms with van der Waals surface area (Å²) in [5.41, 5.74) is 0.429. The molecule has 1 aromatic carbocycles. The van der Waals surface area contributed by atoms with Crippen molar-refractivity contribution in [3.63, 3.8) is 0 Å². The average molecular weight is 416 g/mol. The number of hydrogen-bond acceptors (Lipinski definition) is 5. The van der Waals surface area contributed by atoms with Crippen LogP contribution in [0.15, 0.2) is 33.9 Å². The second-order valence-corrected chi connectivity index (χ2v) is 7.00. The fourth-order valence-corrected chi connectivity index (χ4v) is 3.31. The van der Waals surface area contributed by atoms with Gasteiger partial charge in [0, 0.05) is 19.5 Å². The van der Waals surface area contributed by atoms with Crippen LogP contribution in [-0.4, -0.2) is 25.1 Å². The number of esters is 1. The van der Waals surface area contributed by atoms with E-state index >= 15 is 0 Å². The minimum absolute atomic E-state index is 0.105. The maximum Gasteiger partial charge on any atom is 0.330 e. The van der Waals surface area contributed by atoms with Gasteiger partial charge in [0.25, 0.3) is 5.56 Å². The fourth-order valence-electron chi connectivity index (χ4n) is 3.31. The van der Waals surface area contributed by atoms with Crippen LogP contribution in [0, 0.1) is 5.82 Å². The van der Waals surface area contributed by atoms with Crippen LogP contribution in [-0.2, 0) is 35.6 Å². The van der Waals surface area contributed by atoms with E-state index in [0.29, 0.717) is 36.5 Å². The van der Waals surface area contributed by atoms with Crippen molar-refractivity contribution in [3.8, 4) is 0 Å². The molecular formula is C21H25FN4O4. The molecule has 2 heterocycles. The molecule has 0 amide bonds. The Hall–Kier alpha value is -3.23. The van der Waals surface area contributed by atoms with Crippen LogP contribution in [0.4, 0.5) is 4.39 Å². The van der Waals surface area contributed by atoms with E-state index in [1.807, 2.05) is 13.8 Å². The SMILES string of the molecule is CCCCn1c(=O)[nH]c(=O)c2c1nc(COC(=O)CCc1ccc(F)cc1)n2CC. The lowest BCUT2D eigenvalue weighted by Crippen LogP contribution is -2.31. The zero-order valence-electron chi connectivity index (χ0n) is 17.1. The zero-order valence-corrected chi connectivity index (χ0v) is 17.1. The number of ether oxygens (including phenoxy) is 1. The van der Waals surface area contributed by atoms with Crippen LogP contribution in [0.3, 0.4) is 0 Å². The number of aromatic amines is 1. The van der Waals surface area contributed by atoms with Gasteiger partial charge in [0.2, 0.25) is 0 Å². The molecule has 0 aliphatic rings. The predicted octanol–water partition coefficient (Wildman–Crippen LogP) is 2.52. The number of unbranched alkanes of at least 4 members (excludes halogenated alkanes) is 1. The van der Waals surface area contributed by atoms with Gasteiger partial charge in [-0.3, -0.25) is 19.1 Å². The highest BCUT2D eigenvalue weighted by atomic mass is 19.1. The first kappa shape index (κ1) is 21.5. The van der Waals surface area contributed by atoms with Crippen molar-refractivity contribution in [3.05, 3.63) is 62.3 Å². The van der Waals surface area contributed by atoms with Gasteiger partial charge in [-0.15, -0.1) is 0 Å². The summed E-state index contributed by atoms with van der Waals surface area (Å²) in [6, 6.07) is 5.95. The van der Waals surface area contributed by atoms with Crippen LogP contribution < -0.4 is 11.2 Å². The maximum atomic E-state index is 13.0. The van der Waals surface area contributed by atoms with Gasteiger partial charge in [-0.1, -0.05) is 25.5 Å². The molecule has 1 N–H and O–H groups in total. The molecule has 9 heteroatoms. The second-order valence-electron chi connectivity index (χ2n) is 7.00. The van der Waals surface area contributed by atoms with E-state index in [1.165, 1.54) is 16.7 Å². The van der Waals surface area contributed by atoms with Crippen molar-refractivity contribution < 1.29 is 13.9 Å². The van der Waals surface area contributed by atoms with E-state index in [9.17, 15) is 18.8 Å². The van der Waals surface area contributed by atoms with Gasteiger partial charge in [-0.25, -0.2) is 14.2 Å². The molecule has 0 saturated carbocycles. The number of aryl methyl sites for hydroxylation is 3. The summed E-state index contributed by atoms with van der Waals surface area (Å²) in [6.45, 7) is 4.64. The molecule has 0 spiro atoms. The van der Waals surface area contributed by atoms with Gasteiger partial charge in [0.1, 0.15) is 18.2 Å². The van der Waals surface area contributed by atoms with Crippen LogP contribution in [0.25, 0.3) is 11.2 Å². The monoisotopic (exact) mass is 416 g/mol. The molecule has 0 fully saturated rings. The minimum atomic E-state index is -0.508. The second kappa shape index (κ2) is 9.51. The summed E-state index contributed by atoms with van der Waals surface area (Å²) in [6.07, 6.45) is 2.23. The number of nitrogens with zero attached hydrogens (tertiary/aromatic N) is 3. The highest BCUT2D eigenvalue weighted by Gasteiger charge is 2.18. The van der Waals surface area contributed by atoms with Crippen molar-refractivity contribution >= 4 is 17.1 Å². The number of benzene rings is 1. The Balaban J connectivity index is 1.77. The number of halogens is 1. The van der Waals surface area contributed by atoms with E-state index in [2.05, 4.69) is 9.97 Å². The molecule has 0 radical (unpaired) electrons. The molecule has 0 bridgehead atoms. The van der Waals surface area contributed by atoms with Crippen molar-refractivity contribution in [2.45, 2.75) is 59.2 Å². The zero-order chi connectivity index (χ0) is 21.7. The maximum absolute atomic E-state index is 13.0. The summed E-state index contributed by atoms with van der Waals surface area (Å²) < 4.78 is 21.4. The number of aromatic nitrogens is 4. The third kappa shape index (κ3) is 4.67. The largest absolute Gasteiger partial charge is 0.457 e. The summed E-state index contributed by atoms with van der Waals surface area (Å²) in [4.78, 5) is 43.5. The number of H-pyrrole nitrogens is 1. The van der Waals surface area contributed by atoms with Crippen LogP contribution >= 0.6 is 0 Å². The summed E-state index contributed by atoms with van der Waals surface area (Å²) in [5, 5.41) is 0. The molecule has 2 aromatic heterocycles. The molecule has 0 aliphatic carbocycles. The lowest BCUT2D eigenvalue weighted by Gasteiger charge is -2.07. The highest BCUT2D eigenvalue weighted by molar-refractivity contribution is 5.72.